The quantitative estimate of drug-likeness (QED) is 0.815. The first-order chi connectivity index (χ1) is 10.7. The van der Waals surface area contributed by atoms with Crippen LogP contribution in [0.2, 0.25) is 0 Å². The van der Waals surface area contributed by atoms with Gasteiger partial charge in [0.1, 0.15) is 0 Å². The number of aryl methyl sites for hydroxylation is 3. The highest BCUT2D eigenvalue weighted by molar-refractivity contribution is 7.98. The molecule has 2 rings (SSSR count). The van der Waals surface area contributed by atoms with Gasteiger partial charge in [-0.3, -0.25) is 0 Å². The first-order valence-corrected chi connectivity index (χ1v) is 10.2. The lowest BCUT2D eigenvalue weighted by Gasteiger charge is -2.18. The van der Waals surface area contributed by atoms with E-state index in [-0.39, 0.29) is 6.04 Å². The Morgan fingerprint density at radius 3 is 2.00 bits per heavy atom. The van der Waals surface area contributed by atoms with Crippen LogP contribution in [0.5, 0.6) is 0 Å². The fraction of sp³-hybridized carbons (Fsp3) is 0.333. The second-order valence-electron chi connectivity index (χ2n) is 5.84. The van der Waals surface area contributed by atoms with E-state index in [1.807, 2.05) is 70.3 Å². The summed E-state index contributed by atoms with van der Waals surface area (Å²) in [5.74, 6) is 0. The third-order valence-corrected chi connectivity index (χ3v) is 6.41. The average molecular weight is 350 g/mol. The fourth-order valence-electron chi connectivity index (χ4n) is 2.84. The summed E-state index contributed by atoms with van der Waals surface area (Å²) in [6, 6.07) is 11.5. The molecule has 0 unspecified atom stereocenters. The van der Waals surface area contributed by atoms with Crippen LogP contribution in [-0.4, -0.2) is 14.7 Å². The number of hydrogen-bond acceptors (Lipinski definition) is 3. The van der Waals surface area contributed by atoms with Crippen molar-refractivity contribution < 1.29 is 8.42 Å². The highest BCUT2D eigenvalue weighted by Gasteiger charge is 2.22. The second-order valence-corrected chi connectivity index (χ2v) is 8.37. The largest absolute Gasteiger partial charge is 0.241 e. The van der Waals surface area contributed by atoms with Crippen LogP contribution in [-0.2, 0) is 10.0 Å². The molecule has 0 saturated heterocycles. The maximum absolute atomic E-state index is 12.8. The van der Waals surface area contributed by atoms with Crippen LogP contribution in [0.4, 0.5) is 0 Å². The monoisotopic (exact) mass is 349 g/mol. The molecule has 0 fully saturated rings. The number of benzene rings is 2. The molecule has 0 bridgehead atoms. The SMILES string of the molecule is CSc1ccc([C@H](C)NS(=O)(=O)c2c(C)cc(C)cc2C)cc1. The third-order valence-electron chi connectivity index (χ3n) is 3.82. The third kappa shape index (κ3) is 4.16. The molecule has 0 spiro atoms. The predicted molar refractivity (Wildman–Crippen MR) is 97.6 cm³/mol. The van der Waals surface area contributed by atoms with Gasteiger partial charge in [0.15, 0.2) is 0 Å². The summed E-state index contributed by atoms with van der Waals surface area (Å²) in [4.78, 5) is 1.55. The van der Waals surface area contributed by atoms with Crippen molar-refractivity contribution in [3.8, 4) is 0 Å². The van der Waals surface area contributed by atoms with E-state index in [0.29, 0.717) is 4.90 Å². The number of hydrogen-bond donors (Lipinski definition) is 1. The van der Waals surface area contributed by atoms with Crippen LogP contribution < -0.4 is 4.72 Å². The number of nitrogens with one attached hydrogen (secondary N) is 1. The van der Waals surface area contributed by atoms with Gasteiger partial charge in [0.2, 0.25) is 10.0 Å². The summed E-state index contributed by atoms with van der Waals surface area (Å²) in [5, 5.41) is 0. The van der Waals surface area contributed by atoms with Gasteiger partial charge in [-0.15, -0.1) is 11.8 Å². The van der Waals surface area contributed by atoms with Gasteiger partial charge < -0.3 is 0 Å². The summed E-state index contributed by atoms with van der Waals surface area (Å²) in [6.45, 7) is 7.52. The maximum atomic E-state index is 12.8. The van der Waals surface area contributed by atoms with Gasteiger partial charge in [-0.1, -0.05) is 29.8 Å². The molecule has 0 aliphatic heterocycles. The predicted octanol–water partition coefficient (Wildman–Crippen LogP) is 4.37. The van der Waals surface area contributed by atoms with Crippen molar-refractivity contribution >= 4 is 21.8 Å². The lowest BCUT2D eigenvalue weighted by molar-refractivity contribution is 0.565. The second kappa shape index (κ2) is 7.07. The van der Waals surface area contributed by atoms with Crippen molar-refractivity contribution in [1.29, 1.82) is 0 Å². The van der Waals surface area contributed by atoms with Gasteiger partial charge in [0.25, 0.3) is 0 Å². The maximum Gasteiger partial charge on any atom is 0.241 e. The highest BCUT2D eigenvalue weighted by atomic mass is 32.2. The van der Waals surface area contributed by atoms with Crippen molar-refractivity contribution in [2.45, 2.75) is 43.5 Å². The molecule has 1 atom stereocenters. The normalized spacial score (nSPS) is 13.1. The fourth-order valence-corrected chi connectivity index (χ4v) is 4.94. The molecule has 0 heterocycles. The van der Waals surface area contributed by atoms with E-state index in [2.05, 4.69) is 4.72 Å². The molecule has 2 aromatic rings. The van der Waals surface area contributed by atoms with Gasteiger partial charge >= 0.3 is 0 Å². The first kappa shape index (κ1) is 18.0. The van der Waals surface area contributed by atoms with Gasteiger partial charge in [0.05, 0.1) is 4.90 Å². The van der Waals surface area contributed by atoms with Crippen LogP contribution in [0.15, 0.2) is 46.2 Å². The molecular weight excluding hydrogens is 326 g/mol. The lowest BCUT2D eigenvalue weighted by Crippen LogP contribution is -2.28. The molecule has 2 aromatic carbocycles. The van der Waals surface area contributed by atoms with Gasteiger partial charge in [-0.25, -0.2) is 13.1 Å². The Bertz CT molecular complexity index is 773. The van der Waals surface area contributed by atoms with Crippen LogP contribution in [0.25, 0.3) is 0 Å². The van der Waals surface area contributed by atoms with Crippen LogP contribution in [0.3, 0.4) is 0 Å². The Kier molecular flexibility index (Phi) is 5.55. The molecule has 0 aromatic heterocycles. The van der Waals surface area contributed by atoms with E-state index in [1.165, 1.54) is 0 Å². The topological polar surface area (TPSA) is 46.2 Å². The van der Waals surface area contributed by atoms with Gasteiger partial charge in [-0.05, 0) is 62.8 Å². The molecule has 0 radical (unpaired) electrons. The minimum atomic E-state index is -3.56. The van der Waals surface area contributed by atoms with E-state index in [4.69, 9.17) is 0 Å². The van der Waals surface area contributed by atoms with Crippen molar-refractivity contribution in [1.82, 2.24) is 4.72 Å². The molecule has 0 saturated carbocycles. The van der Waals surface area contributed by atoms with Crippen molar-refractivity contribution in [2.75, 3.05) is 6.26 Å². The highest BCUT2D eigenvalue weighted by Crippen LogP contribution is 2.25. The van der Waals surface area contributed by atoms with Crippen molar-refractivity contribution in [3.05, 3.63) is 58.7 Å². The molecule has 0 aliphatic rings. The van der Waals surface area contributed by atoms with E-state index in [9.17, 15) is 8.42 Å². The number of rotatable bonds is 5. The summed E-state index contributed by atoms with van der Waals surface area (Å²) < 4.78 is 28.3. The standard InChI is InChI=1S/C18H23NO2S2/c1-12-10-13(2)18(14(3)11-12)23(20,21)19-15(4)16-6-8-17(22-5)9-7-16/h6-11,15,19H,1-5H3/t15-/m0/s1. The lowest BCUT2D eigenvalue weighted by atomic mass is 10.1. The molecule has 0 aliphatic carbocycles. The van der Waals surface area contributed by atoms with Crippen LogP contribution >= 0.6 is 11.8 Å². The molecule has 1 N–H and O–H groups in total. The van der Waals surface area contributed by atoms with E-state index in [0.717, 1.165) is 27.1 Å². The Morgan fingerprint density at radius 1 is 1.00 bits per heavy atom. The minimum absolute atomic E-state index is 0.281. The van der Waals surface area contributed by atoms with Gasteiger partial charge in [0, 0.05) is 10.9 Å². The smallest absolute Gasteiger partial charge is 0.207 e. The van der Waals surface area contributed by atoms with E-state index in [1.54, 1.807) is 11.8 Å². The number of thioether (sulfide) groups is 1. The van der Waals surface area contributed by atoms with E-state index >= 15 is 0 Å². The average Bonchev–Trinajstić information content (AvgIpc) is 2.45. The Labute approximate surface area is 143 Å². The zero-order valence-corrected chi connectivity index (χ0v) is 15.8. The molecule has 0 amide bonds. The zero-order chi connectivity index (χ0) is 17.2. The van der Waals surface area contributed by atoms with Crippen molar-refractivity contribution in [3.63, 3.8) is 0 Å². The van der Waals surface area contributed by atoms with Crippen molar-refractivity contribution in [2.24, 2.45) is 0 Å². The molecule has 5 heteroatoms. The zero-order valence-electron chi connectivity index (χ0n) is 14.2. The number of sulfonamides is 1. The Morgan fingerprint density at radius 2 is 1.52 bits per heavy atom. The van der Waals surface area contributed by atoms with Crippen LogP contribution in [0, 0.1) is 20.8 Å². The van der Waals surface area contributed by atoms with Gasteiger partial charge in [-0.2, -0.15) is 0 Å². The Hall–Kier alpha value is -1.30. The summed E-state index contributed by atoms with van der Waals surface area (Å²) in [7, 11) is -3.56. The summed E-state index contributed by atoms with van der Waals surface area (Å²) >= 11 is 1.67. The molecule has 124 valence electrons. The summed E-state index contributed by atoms with van der Waals surface area (Å²) in [6.07, 6.45) is 2.02. The molecule has 23 heavy (non-hydrogen) atoms. The Balaban J connectivity index is 2.30. The first-order valence-electron chi connectivity index (χ1n) is 7.48. The minimum Gasteiger partial charge on any atom is -0.207 e. The summed E-state index contributed by atoms with van der Waals surface area (Å²) in [5.41, 5.74) is 3.58. The molecular formula is C18H23NO2S2. The van der Waals surface area contributed by atoms with E-state index < -0.39 is 10.0 Å². The van der Waals surface area contributed by atoms with Crippen LogP contribution in [0.1, 0.15) is 35.2 Å². The molecule has 3 nitrogen and oxygen atoms in total.